The lowest BCUT2D eigenvalue weighted by molar-refractivity contribution is 0.950. The van der Waals surface area contributed by atoms with Crippen LogP contribution < -0.4 is 10.6 Å². The number of anilines is 3. The summed E-state index contributed by atoms with van der Waals surface area (Å²) in [6.45, 7) is 7.08. The van der Waals surface area contributed by atoms with Crippen molar-refractivity contribution in [3.8, 4) is 0 Å². The number of aromatic nitrogens is 2. The summed E-state index contributed by atoms with van der Waals surface area (Å²) >= 11 is 0. The fraction of sp³-hybridized carbons (Fsp3) is 0.333. The standard InChI is InChI=1S/C15H20N4/c1-4-9-16-15-17-10-12(3)14(19-15)18-13-7-5-11(2)6-8-13/h5-8,10H,4,9H2,1-3H3,(H2,16,17,18,19). The van der Waals surface area contributed by atoms with Gasteiger partial charge in [-0.05, 0) is 32.4 Å². The van der Waals surface area contributed by atoms with Crippen LogP contribution >= 0.6 is 0 Å². The highest BCUT2D eigenvalue weighted by atomic mass is 15.1. The molecule has 4 nitrogen and oxygen atoms in total. The molecule has 1 aromatic heterocycles. The van der Waals surface area contributed by atoms with E-state index < -0.39 is 0 Å². The molecule has 1 heterocycles. The Kier molecular flexibility index (Phi) is 4.34. The van der Waals surface area contributed by atoms with Crippen LogP contribution in [0.15, 0.2) is 30.5 Å². The normalized spacial score (nSPS) is 10.3. The van der Waals surface area contributed by atoms with Gasteiger partial charge >= 0.3 is 0 Å². The molecule has 4 heteroatoms. The van der Waals surface area contributed by atoms with Crippen molar-refractivity contribution in [3.05, 3.63) is 41.6 Å². The number of rotatable bonds is 5. The maximum Gasteiger partial charge on any atom is 0.224 e. The molecule has 0 aliphatic heterocycles. The van der Waals surface area contributed by atoms with Crippen LogP contribution in [-0.2, 0) is 0 Å². The van der Waals surface area contributed by atoms with E-state index in [-0.39, 0.29) is 0 Å². The first kappa shape index (κ1) is 13.3. The van der Waals surface area contributed by atoms with Crippen molar-refractivity contribution in [3.63, 3.8) is 0 Å². The van der Waals surface area contributed by atoms with Crippen LogP contribution in [0.1, 0.15) is 24.5 Å². The van der Waals surface area contributed by atoms with Gasteiger partial charge in [0, 0.05) is 24.0 Å². The van der Waals surface area contributed by atoms with E-state index >= 15 is 0 Å². The number of benzene rings is 1. The van der Waals surface area contributed by atoms with Crippen molar-refractivity contribution in [1.82, 2.24) is 9.97 Å². The van der Waals surface area contributed by atoms with Crippen LogP contribution in [0.4, 0.5) is 17.5 Å². The smallest absolute Gasteiger partial charge is 0.224 e. The number of aryl methyl sites for hydroxylation is 2. The SMILES string of the molecule is CCCNc1ncc(C)c(Nc2ccc(C)cc2)n1. The molecule has 100 valence electrons. The Labute approximate surface area is 114 Å². The maximum atomic E-state index is 4.49. The van der Waals surface area contributed by atoms with Gasteiger partial charge in [0.25, 0.3) is 0 Å². The van der Waals surface area contributed by atoms with Crippen LogP contribution in [0, 0.1) is 13.8 Å². The minimum atomic E-state index is 0.669. The van der Waals surface area contributed by atoms with Gasteiger partial charge in [0.15, 0.2) is 0 Å². The third-order valence-corrected chi connectivity index (χ3v) is 2.82. The van der Waals surface area contributed by atoms with Crippen LogP contribution in [0.5, 0.6) is 0 Å². The third kappa shape index (κ3) is 3.68. The zero-order valence-electron chi connectivity index (χ0n) is 11.7. The Morgan fingerprint density at radius 3 is 2.53 bits per heavy atom. The predicted molar refractivity (Wildman–Crippen MR) is 80.0 cm³/mol. The minimum Gasteiger partial charge on any atom is -0.354 e. The summed E-state index contributed by atoms with van der Waals surface area (Å²) < 4.78 is 0. The van der Waals surface area contributed by atoms with E-state index in [2.05, 4.69) is 58.7 Å². The zero-order chi connectivity index (χ0) is 13.7. The van der Waals surface area contributed by atoms with Gasteiger partial charge in [0.1, 0.15) is 5.82 Å². The van der Waals surface area contributed by atoms with Crippen molar-refractivity contribution < 1.29 is 0 Å². The Morgan fingerprint density at radius 1 is 1.11 bits per heavy atom. The monoisotopic (exact) mass is 256 g/mol. The summed E-state index contributed by atoms with van der Waals surface area (Å²) in [5, 5.41) is 6.52. The average Bonchev–Trinajstić information content (AvgIpc) is 2.42. The summed E-state index contributed by atoms with van der Waals surface area (Å²) in [6, 6.07) is 8.26. The predicted octanol–water partition coefficient (Wildman–Crippen LogP) is 3.66. The van der Waals surface area contributed by atoms with Gasteiger partial charge in [-0.25, -0.2) is 4.98 Å². The van der Waals surface area contributed by atoms with E-state index in [0.717, 1.165) is 30.0 Å². The number of nitrogens with one attached hydrogen (secondary N) is 2. The van der Waals surface area contributed by atoms with Gasteiger partial charge < -0.3 is 10.6 Å². The molecular formula is C15H20N4. The molecule has 0 saturated heterocycles. The molecule has 0 aliphatic rings. The molecule has 1 aromatic carbocycles. The second-order valence-electron chi connectivity index (χ2n) is 4.64. The second kappa shape index (κ2) is 6.18. The summed E-state index contributed by atoms with van der Waals surface area (Å²) in [5.41, 5.74) is 3.31. The Balaban J connectivity index is 2.16. The molecule has 0 spiro atoms. The molecule has 0 atom stereocenters. The molecule has 0 radical (unpaired) electrons. The molecule has 0 amide bonds. The van der Waals surface area contributed by atoms with Crippen molar-refractivity contribution in [2.24, 2.45) is 0 Å². The third-order valence-electron chi connectivity index (χ3n) is 2.82. The van der Waals surface area contributed by atoms with E-state index in [1.54, 1.807) is 0 Å². The molecule has 2 aromatic rings. The summed E-state index contributed by atoms with van der Waals surface area (Å²) in [4.78, 5) is 8.76. The molecular weight excluding hydrogens is 236 g/mol. The summed E-state index contributed by atoms with van der Waals surface area (Å²) in [6.07, 6.45) is 2.89. The van der Waals surface area contributed by atoms with E-state index in [4.69, 9.17) is 0 Å². The maximum absolute atomic E-state index is 4.49. The largest absolute Gasteiger partial charge is 0.354 e. The van der Waals surface area contributed by atoms with Crippen LogP contribution in [0.25, 0.3) is 0 Å². The van der Waals surface area contributed by atoms with Crippen molar-refractivity contribution in [2.75, 3.05) is 17.2 Å². The lowest BCUT2D eigenvalue weighted by Crippen LogP contribution is -2.06. The first-order valence-electron chi connectivity index (χ1n) is 6.60. The van der Waals surface area contributed by atoms with E-state index in [0.29, 0.717) is 5.95 Å². The van der Waals surface area contributed by atoms with Gasteiger partial charge in [-0.15, -0.1) is 0 Å². The van der Waals surface area contributed by atoms with Gasteiger partial charge in [0.2, 0.25) is 5.95 Å². The molecule has 2 rings (SSSR count). The fourth-order valence-corrected chi connectivity index (χ4v) is 1.66. The molecule has 0 bridgehead atoms. The highest BCUT2D eigenvalue weighted by Crippen LogP contribution is 2.19. The highest BCUT2D eigenvalue weighted by Gasteiger charge is 2.03. The topological polar surface area (TPSA) is 49.8 Å². The molecule has 0 saturated carbocycles. The first-order valence-corrected chi connectivity index (χ1v) is 6.60. The molecule has 0 fully saturated rings. The summed E-state index contributed by atoms with van der Waals surface area (Å²) in [7, 11) is 0. The zero-order valence-corrected chi connectivity index (χ0v) is 11.7. The number of hydrogen-bond acceptors (Lipinski definition) is 4. The van der Waals surface area contributed by atoms with E-state index in [1.165, 1.54) is 5.56 Å². The molecule has 0 aliphatic carbocycles. The van der Waals surface area contributed by atoms with Crippen molar-refractivity contribution in [1.29, 1.82) is 0 Å². The van der Waals surface area contributed by atoms with Gasteiger partial charge in [0.05, 0.1) is 0 Å². The van der Waals surface area contributed by atoms with Crippen molar-refractivity contribution >= 4 is 17.5 Å². The van der Waals surface area contributed by atoms with Crippen LogP contribution in [0.2, 0.25) is 0 Å². The molecule has 0 unspecified atom stereocenters. The van der Waals surface area contributed by atoms with E-state index in [1.807, 2.05) is 13.1 Å². The minimum absolute atomic E-state index is 0.669. The Hall–Kier alpha value is -2.10. The van der Waals surface area contributed by atoms with Crippen molar-refractivity contribution in [2.45, 2.75) is 27.2 Å². The Bertz CT molecular complexity index is 534. The van der Waals surface area contributed by atoms with Crippen LogP contribution in [-0.4, -0.2) is 16.5 Å². The van der Waals surface area contributed by atoms with Gasteiger partial charge in [-0.1, -0.05) is 24.6 Å². The average molecular weight is 256 g/mol. The lowest BCUT2D eigenvalue weighted by Gasteiger charge is -2.10. The van der Waals surface area contributed by atoms with E-state index in [9.17, 15) is 0 Å². The fourth-order valence-electron chi connectivity index (χ4n) is 1.66. The summed E-state index contributed by atoms with van der Waals surface area (Å²) in [5.74, 6) is 1.51. The number of nitrogens with zero attached hydrogens (tertiary/aromatic N) is 2. The Morgan fingerprint density at radius 2 is 1.84 bits per heavy atom. The molecule has 2 N–H and O–H groups in total. The number of hydrogen-bond donors (Lipinski definition) is 2. The molecule has 19 heavy (non-hydrogen) atoms. The second-order valence-corrected chi connectivity index (χ2v) is 4.64. The van der Waals surface area contributed by atoms with Crippen LogP contribution in [0.3, 0.4) is 0 Å². The quantitative estimate of drug-likeness (QED) is 0.857. The van der Waals surface area contributed by atoms with Gasteiger partial charge in [-0.3, -0.25) is 0 Å². The highest BCUT2D eigenvalue weighted by molar-refractivity contribution is 5.60. The van der Waals surface area contributed by atoms with Gasteiger partial charge in [-0.2, -0.15) is 4.98 Å². The first-order chi connectivity index (χ1) is 9.19. The lowest BCUT2D eigenvalue weighted by atomic mass is 10.2.